The Morgan fingerprint density at radius 2 is 1.79 bits per heavy atom. The van der Waals surface area contributed by atoms with Gasteiger partial charge in [0.2, 0.25) is 5.91 Å². The first-order chi connectivity index (χ1) is 8.72. The van der Waals surface area contributed by atoms with Crippen molar-refractivity contribution in [3.63, 3.8) is 0 Å². The number of hydrogen-bond acceptors (Lipinski definition) is 4. The van der Waals surface area contributed by atoms with Gasteiger partial charge >= 0.3 is 0 Å². The van der Waals surface area contributed by atoms with Crippen LogP contribution in [-0.4, -0.2) is 38.4 Å². The summed E-state index contributed by atoms with van der Waals surface area (Å²) in [4.78, 5) is 11.6. The van der Waals surface area contributed by atoms with E-state index >= 15 is 0 Å². The van der Waals surface area contributed by atoms with Gasteiger partial charge < -0.3 is 10.6 Å². The zero-order valence-corrected chi connectivity index (χ0v) is 12.3. The molecule has 0 spiro atoms. The Morgan fingerprint density at radius 3 is 2.32 bits per heavy atom. The minimum atomic E-state index is -3.20. The van der Waals surface area contributed by atoms with E-state index in [2.05, 4.69) is 10.6 Å². The van der Waals surface area contributed by atoms with Crippen molar-refractivity contribution in [3.8, 4) is 0 Å². The fourth-order valence-electron chi connectivity index (χ4n) is 1.24. The molecule has 0 bridgehead atoms. The lowest BCUT2D eigenvalue weighted by Gasteiger charge is -2.22. The number of amides is 1. The molecule has 1 aromatic carbocycles. The van der Waals surface area contributed by atoms with Gasteiger partial charge in [-0.05, 0) is 26.0 Å². The maximum Gasteiger partial charge on any atom is 0.239 e. The third kappa shape index (κ3) is 4.90. The molecule has 1 amide bonds. The number of nitrogens with one attached hydrogen (secondary N) is 2. The van der Waals surface area contributed by atoms with Crippen LogP contribution in [0.4, 0.5) is 5.69 Å². The van der Waals surface area contributed by atoms with E-state index in [-0.39, 0.29) is 19.0 Å². The van der Waals surface area contributed by atoms with Crippen molar-refractivity contribution in [2.24, 2.45) is 0 Å². The van der Waals surface area contributed by atoms with Gasteiger partial charge in [-0.2, -0.15) is 0 Å². The van der Waals surface area contributed by atoms with Crippen LogP contribution in [0.3, 0.4) is 0 Å². The van der Waals surface area contributed by atoms with Crippen molar-refractivity contribution in [3.05, 3.63) is 30.3 Å². The van der Waals surface area contributed by atoms with Gasteiger partial charge in [0.25, 0.3) is 0 Å². The molecule has 0 aromatic heterocycles. The van der Waals surface area contributed by atoms with Crippen molar-refractivity contribution in [1.29, 1.82) is 0 Å². The summed E-state index contributed by atoms with van der Waals surface area (Å²) in [5.41, 5.74) is 0.847. The Bertz CT molecular complexity index is 524. The largest absolute Gasteiger partial charge is 0.376 e. The highest BCUT2D eigenvalue weighted by molar-refractivity contribution is 7.92. The van der Waals surface area contributed by atoms with Crippen LogP contribution in [0.5, 0.6) is 0 Å². The normalized spacial score (nSPS) is 11.9. The molecule has 0 atom stereocenters. The van der Waals surface area contributed by atoms with Crippen molar-refractivity contribution >= 4 is 21.4 Å². The predicted molar refractivity (Wildman–Crippen MR) is 76.9 cm³/mol. The zero-order valence-electron chi connectivity index (χ0n) is 11.4. The van der Waals surface area contributed by atoms with Gasteiger partial charge in [0, 0.05) is 18.5 Å². The van der Waals surface area contributed by atoms with Gasteiger partial charge in [-0.25, -0.2) is 8.42 Å². The molecule has 1 aromatic rings. The third-order valence-corrected chi connectivity index (χ3v) is 5.09. The Labute approximate surface area is 114 Å². The molecule has 0 aliphatic carbocycles. The molecule has 6 heteroatoms. The molecule has 19 heavy (non-hydrogen) atoms. The SMILES string of the molecule is CC(C)(CNC(=O)CNc1ccccc1)S(C)(=O)=O. The lowest BCUT2D eigenvalue weighted by atomic mass is 10.2. The van der Waals surface area contributed by atoms with Gasteiger partial charge in [0.1, 0.15) is 0 Å². The van der Waals surface area contributed by atoms with Gasteiger partial charge in [-0.1, -0.05) is 18.2 Å². The van der Waals surface area contributed by atoms with Crippen LogP contribution in [0.1, 0.15) is 13.8 Å². The fourth-order valence-corrected chi connectivity index (χ4v) is 1.58. The number of carbonyl (C=O) groups is 1. The molecule has 0 radical (unpaired) electrons. The molecule has 0 aliphatic rings. The van der Waals surface area contributed by atoms with Crippen molar-refractivity contribution in [2.75, 3.05) is 24.7 Å². The first-order valence-corrected chi connectivity index (χ1v) is 7.87. The van der Waals surface area contributed by atoms with Crippen molar-refractivity contribution in [1.82, 2.24) is 5.32 Å². The highest BCUT2D eigenvalue weighted by Gasteiger charge is 2.30. The van der Waals surface area contributed by atoms with Gasteiger partial charge in [-0.3, -0.25) is 4.79 Å². The Morgan fingerprint density at radius 1 is 1.21 bits per heavy atom. The molecule has 0 saturated carbocycles. The molecule has 0 heterocycles. The molecule has 2 N–H and O–H groups in total. The van der Waals surface area contributed by atoms with Crippen LogP contribution in [0.25, 0.3) is 0 Å². The van der Waals surface area contributed by atoms with Crippen LogP contribution in [-0.2, 0) is 14.6 Å². The first kappa shape index (κ1) is 15.5. The van der Waals surface area contributed by atoms with Crippen LogP contribution in [0, 0.1) is 0 Å². The molecule has 0 unspecified atom stereocenters. The van der Waals surface area contributed by atoms with E-state index < -0.39 is 14.6 Å². The Hall–Kier alpha value is -1.56. The summed E-state index contributed by atoms with van der Waals surface area (Å²) < 4.78 is 22.0. The third-order valence-electron chi connectivity index (χ3n) is 2.94. The maximum absolute atomic E-state index is 11.6. The molecular weight excluding hydrogens is 264 g/mol. The van der Waals surface area contributed by atoms with E-state index in [9.17, 15) is 13.2 Å². The average molecular weight is 284 g/mol. The topological polar surface area (TPSA) is 75.3 Å². The number of hydrogen-bond donors (Lipinski definition) is 2. The number of para-hydroxylation sites is 1. The lowest BCUT2D eigenvalue weighted by Crippen LogP contribution is -2.45. The number of rotatable bonds is 6. The highest BCUT2D eigenvalue weighted by Crippen LogP contribution is 2.13. The summed E-state index contributed by atoms with van der Waals surface area (Å²) in [6.07, 6.45) is 1.17. The Kier molecular flexibility index (Phi) is 4.94. The zero-order chi connectivity index (χ0) is 14.5. The van der Waals surface area contributed by atoms with Gasteiger partial charge in [-0.15, -0.1) is 0 Å². The second-order valence-corrected chi connectivity index (χ2v) is 7.68. The predicted octanol–water partition coefficient (Wildman–Crippen LogP) is 1.04. The fraction of sp³-hybridized carbons (Fsp3) is 0.462. The molecule has 5 nitrogen and oxygen atoms in total. The summed E-state index contributed by atoms with van der Waals surface area (Å²) in [7, 11) is -3.20. The summed E-state index contributed by atoms with van der Waals surface area (Å²) in [6, 6.07) is 9.33. The smallest absolute Gasteiger partial charge is 0.239 e. The van der Waals surface area contributed by atoms with Crippen LogP contribution in [0.2, 0.25) is 0 Å². The average Bonchev–Trinajstić information content (AvgIpc) is 2.34. The second-order valence-electron chi connectivity index (χ2n) is 5.03. The van der Waals surface area contributed by atoms with E-state index in [1.807, 2.05) is 30.3 Å². The number of anilines is 1. The first-order valence-electron chi connectivity index (χ1n) is 5.97. The molecular formula is C13H20N2O3S. The summed E-state index contributed by atoms with van der Waals surface area (Å²) >= 11 is 0. The minimum absolute atomic E-state index is 0.0983. The standard InChI is InChI=1S/C13H20N2O3S/c1-13(2,19(3,17)18)10-15-12(16)9-14-11-7-5-4-6-8-11/h4-8,14H,9-10H2,1-3H3,(H,15,16). The molecule has 1 rings (SSSR count). The van der Waals surface area contributed by atoms with Crippen LogP contribution >= 0.6 is 0 Å². The van der Waals surface area contributed by atoms with E-state index in [1.165, 1.54) is 6.26 Å². The van der Waals surface area contributed by atoms with Crippen LogP contribution in [0.15, 0.2) is 30.3 Å². The molecule has 106 valence electrons. The summed E-state index contributed by atoms with van der Waals surface area (Å²) in [5.74, 6) is -0.236. The molecule has 0 fully saturated rings. The summed E-state index contributed by atoms with van der Waals surface area (Å²) in [5, 5.41) is 5.58. The highest BCUT2D eigenvalue weighted by atomic mass is 32.2. The quantitative estimate of drug-likeness (QED) is 0.818. The monoisotopic (exact) mass is 284 g/mol. The van der Waals surface area contributed by atoms with E-state index in [1.54, 1.807) is 13.8 Å². The van der Waals surface area contributed by atoms with Crippen molar-refractivity contribution < 1.29 is 13.2 Å². The van der Waals surface area contributed by atoms with E-state index in [0.717, 1.165) is 5.69 Å². The van der Waals surface area contributed by atoms with Crippen molar-refractivity contribution in [2.45, 2.75) is 18.6 Å². The van der Waals surface area contributed by atoms with Crippen LogP contribution < -0.4 is 10.6 Å². The van der Waals surface area contributed by atoms with Gasteiger partial charge in [0.15, 0.2) is 9.84 Å². The summed E-state index contributed by atoms with van der Waals surface area (Å²) in [6.45, 7) is 3.39. The number of benzene rings is 1. The number of sulfone groups is 1. The molecule has 0 saturated heterocycles. The van der Waals surface area contributed by atoms with E-state index in [0.29, 0.717) is 0 Å². The maximum atomic E-state index is 11.6. The minimum Gasteiger partial charge on any atom is -0.376 e. The number of carbonyl (C=O) groups excluding carboxylic acids is 1. The second kappa shape index (κ2) is 6.06. The van der Waals surface area contributed by atoms with E-state index in [4.69, 9.17) is 0 Å². The van der Waals surface area contributed by atoms with Gasteiger partial charge in [0.05, 0.1) is 11.3 Å². The Balaban J connectivity index is 2.41. The molecule has 0 aliphatic heterocycles. The lowest BCUT2D eigenvalue weighted by molar-refractivity contribution is -0.119.